The predicted molar refractivity (Wildman–Crippen MR) is 181 cm³/mol. The quantitative estimate of drug-likeness (QED) is 0.220. The van der Waals surface area contributed by atoms with E-state index in [1.165, 1.54) is 24.0 Å². The van der Waals surface area contributed by atoms with Gasteiger partial charge in [-0.3, -0.25) is 9.59 Å². The summed E-state index contributed by atoms with van der Waals surface area (Å²) in [4.78, 5) is 23.6. The summed E-state index contributed by atoms with van der Waals surface area (Å²) in [7, 11) is 0. The first-order chi connectivity index (χ1) is 20.7. The maximum absolute atomic E-state index is 12.1. The molecule has 2 unspecified atom stereocenters. The number of allylic oxidation sites excluding steroid dienone is 6. The van der Waals surface area contributed by atoms with Crippen molar-refractivity contribution >= 4 is 11.8 Å². The molecule has 0 saturated carbocycles. The number of hydrogen-bond acceptors (Lipinski definition) is 4. The molecule has 6 nitrogen and oxygen atoms in total. The summed E-state index contributed by atoms with van der Waals surface area (Å²) in [5.41, 5.74) is 2.78. The van der Waals surface area contributed by atoms with Gasteiger partial charge in [0, 0.05) is 19.3 Å². The molecule has 2 aliphatic carbocycles. The topological polar surface area (TPSA) is 76.7 Å². The Hall–Kier alpha value is -2.94. The lowest BCUT2D eigenvalue weighted by Gasteiger charge is -2.29. The highest BCUT2D eigenvalue weighted by atomic mass is 16.6. The van der Waals surface area contributed by atoms with Gasteiger partial charge in [0.2, 0.25) is 11.8 Å². The Morgan fingerprint density at radius 1 is 1.07 bits per heavy atom. The highest BCUT2D eigenvalue weighted by Crippen LogP contribution is 2.30. The van der Waals surface area contributed by atoms with Crippen LogP contribution < -0.4 is 10.6 Å². The normalized spacial score (nSPS) is 18.8. The molecule has 0 saturated heterocycles. The molecule has 0 fully saturated rings. The molecule has 2 amide bonds. The van der Waals surface area contributed by atoms with Gasteiger partial charge < -0.3 is 20.1 Å². The molecule has 0 aromatic carbocycles. The van der Waals surface area contributed by atoms with Crippen molar-refractivity contribution < 1.29 is 19.1 Å². The summed E-state index contributed by atoms with van der Waals surface area (Å²) in [5.74, 6) is 4.57. The van der Waals surface area contributed by atoms with Crippen molar-refractivity contribution in [3.8, 4) is 12.3 Å². The molecule has 3 aliphatic rings. The van der Waals surface area contributed by atoms with Crippen molar-refractivity contribution in [2.24, 2.45) is 5.41 Å². The van der Waals surface area contributed by atoms with Gasteiger partial charge in [-0.1, -0.05) is 86.3 Å². The second kappa shape index (κ2) is 23.5. The zero-order valence-corrected chi connectivity index (χ0v) is 28.9. The molecule has 43 heavy (non-hydrogen) atoms. The lowest BCUT2D eigenvalue weighted by molar-refractivity contribution is -0.122. The molecule has 0 bridgehead atoms. The first-order valence-corrected chi connectivity index (χ1v) is 16.8. The van der Waals surface area contributed by atoms with Gasteiger partial charge in [0.25, 0.3) is 0 Å². The summed E-state index contributed by atoms with van der Waals surface area (Å²) in [6.45, 7) is 19.9. The van der Waals surface area contributed by atoms with Crippen LogP contribution in [-0.4, -0.2) is 37.1 Å². The fourth-order valence-corrected chi connectivity index (χ4v) is 5.04. The van der Waals surface area contributed by atoms with Crippen LogP contribution in [0, 0.1) is 17.8 Å². The number of hydrogen-bond donors (Lipinski definition) is 2. The third-order valence-electron chi connectivity index (χ3n) is 7.50. The van der Waals surface area contributed by atoms with Crippen molar-refractivity contribution in [1.82, 2.24) is 10.6 Å². The Bertz CT molecular complexity index is 981. The van der Waals surface area contributed by atoms with Crippen molar-refractivity contribution in [2.45, 2.75) is 145 Å². The molecule has 244 valence electrons. The number of nitrogens with one attached hydrogen (secondary N) is 2. The van der Waals surface area contributed by atoms with E-state index in [1.54, 1.807) is 6.08 Å². The van der Waals surface area contributed by atoms with Gasteiger partial charge in [0.1, 0.15) is 18.5 Å². The van der Waals surface area contributed by atoms with Gasteiger partial charge in [-0.15, -0.1) is 6.42 Å². The maximum Gasteiger partial charge on any atom is 0.220 e. The molecular weight excluding hydrogens is 536 g/mol. The van der Waals surface area contributed by atoms with Crippen LogP contribution in [0.2, 0.25) is 0 Å². The van der Waals surface area contributed by atoms with Crippen molar-refractivity contribution in [3.63, 3.8) is 0 Å². The Morgan fingerprint density at radius 3 is 2.44 bits per heavy atom. The van der Waals surface area contributed by atoms with Crippen LogP contribution in [0.4, 0.5) is 0 Å². The number of ether oxygens (including phenoxy) is 2. The molecule has 0 aromatic heterocycles. The lowest BCUT2D eigenvalue weighted by atomic mass is 9.83. The number of terminal acetylenes is 1. The zero-order chi connectivity index (χ0) is 32.7. The van der Waals surface area contributed by atoms with E-state index in [9.17, 15) is 9.59 Å². The second-order valence-electron chi connectivity index (χ2n) is 11.5. The van der Waals surface area contributed by atoms with Gasteiger partial charge >= 0.3 is 0 Å². The first kappa shape index (κ1) is 40.1. The Labute approximate surface area is 264 Å². The summed E-state index contributed by atoms with van der Waals surface area (Å²) in [5, 5.41) is 6.07. The van der Waals surface area contributed by atoms with Gasteiger partial charge in [-0.2, -0.15) is 0 Å². The number of rotatable bonds is 12. The molecule has 0 radical (unpaired) electrons. The van der Waals surface area contributed by atoms with E-state index in [-0.39, 0.29) is 29.4 Å². The van der Waals surface area contributed by atoms with E-state index < -0.39 is 0 Å². The van der Waals surface area contributed by atoms with Gasteiger partial charge in [0.05, 0.1) is 12.6 Å². The standard InChI is InChI=1S/C19H29NO.C14H21NO3.2C2H6/c1-6-8-9-16-10-11-17(15(16)3)20-18(21)12-14-19(4,5)13-7-2;1-2-3-8-14(16)15-9-11-10-17-12-6-4-5-7-13(12)18-11;2*1-2/h1,8-9,17H,7,10-14H2,2-5H3,(H,20,21);4,6,11H,2-3,5,7-10H2,1H3,(H,15,16);2*1-2H3/b9-8-;;;. The van der Waals surface area contributed by atoms with E-state index in [0.717, 1.165) is 56.5 Å². The lowest BCUT2D eigenvalue weighted by Crippen LogP contribution is -2.38. The van der Waals surface area contributed by atoms with Gasteiger partial charge in [0.15, 0.2) is 5.76 Å². The average Bonchev–Trinajstić information content (AvgIpc) is 3.37. The van der Waals surface area contributed by atoms with Crippen LogP contribution in [0.25, 0.3) is 0 Å². The zero-order valence-electron chi connectivity index (χ0n) is 28.9. The SMILES string of the molecule is C#C/C=C\C1=C(C)C(NC(=O)CCC(C)(C)CCC)CC1.CC.CC.CCCCC(=O)NCC1COC2=C(CCC=C2)O1. The Morgan fingerprint density at radius 2 is 1.79 bits per heavy atom. The van der Waals surface area contributed by atoms with Crippen LogP contribution >= 0.6 is 0 Å². The number of unbranched alkanes of at least 4 members (excludes halogenated alkanes) is 1. The average molecular weight is 599 g/mol. The molecule has 2 atom stereocenters. The van der Waals surface area contributed by atoms with Crippen LogP contribution in [-0.2, 0) is 19.1 Å². The van der Waals surface area contributed by atoms with E-state index in [1.807, 2.05) is 39.8 Å². The van der Waals surface area contributed by atoms with Crippen LogP contribution in [0.15, 0.2) is 47.0 Å². The van der Waals surface area contributed by atoms with Gasteiger partial charge in [-0.25, -0.2) is 0 Å². The highest BCUT2D eigenvalue weighted by molar-refractivity contribution is 5.77. The first-order valence-electron chi connectivity index (χ1n) is 16.8. The minimum Gasteiger partial charge on any atom is -0.486 e. The summed E-state index contributed by atoms with van der Waals surface area (Å²) in [6, 6.07) is 0.184. The van der Waals surface area contributed by atoms with Crippen molar-refractivity contribution in [2.75, 3.05) is 13.2 Å². The third kappa shape index (κ3) is 16.5. The van der Waals surface area contributed by atoms with Crippen LogP contribution in [0.1, 0.15) is 133 Å². The number of carbonyl (C=O) groups excluding carboxylic acids is 2. The Kier molecular flexibility index (Phi) is 21.9. The maximum atomic E-state index is 12.1. The van der Waals surface area contributed by atoms with Crippen molar-refractivity contribution in [3.05, 3.63) is 47.0 Å². The number of amides is 2. The fourth-order valence-electron chi connectivity index (χ4n) is 5.04. The van der Waals surface area contributed by atoms with E-state index in [2.05, 4.69) is 57.2 Å². The monoisotopic (exact) mass is 598 g/mol. The second-order valence-corrected chi connectivity index (χ2v) is 11.5. The molecule has 3 rings (SSSR count). The summed E-state index contributed by atoms with van der Waals surface area (Å²) in [6.07, 6.45) is 23.3. The number of carbonyl (C=O) groups is 2. The van der Waals surface area contributed by atoms with Crippen molar-refractivity contribution in [1.29, 1.82) is 0 Å². The smallest absolute Gasteiger partial charge is 0.220 e. The molecule has 1 aliphatic heterocycles. The summed E-state index contributed by atoms with van der Waals surface area (Å²) >= 11 is 0. The molecule has 0 spiro atoms. The molecule has 2 N–H and O–H groups in total. The minimum atomic E-state index is -0.0548. The minimum absolute atomic E-state index is 0.0548. The highest BCUT2D eigenvalue weighted by Gasteiger charge is 2.25. The van der Waals surface area contributed by atoms with Crippen LogP contribution in [0.5, 0.6) is 0 Å². The molecular formula is C37H62N2O4. The largest absolute Gasteiger partial charge is 0.486 e. The molecule has 1 heterocycles. The van der Waals surface area contributed by atoms with E-state index >= 15 is 0 Å². The van der Waals surface area contributed by atoms with Gasteiger partial charge in [-0.05, 0) is 74.2 Å². The third-order valence-corrected chi connectivity index (χ3v) is 7.50. The predicted octanol–water partition coefficient (Wildman–Crippen LogP) is 8.70. The molecule has 6 heteroatoms. The Balaban J connectivity index is 0.000000741. The van der Waals surface area contributed by atoms with E-state index in [0.29, 0.717) is 26.0 Å². The molecule has 0 aromatic rings. The van der Waals surface area contributed by atoms with Crippen LogP contribution in [0.3, 0.4) is 0 Å². The fraction of sp³-hybridized carbons (Fsp3) is 0.676. The summed E-state index contributed by atoms with van der Waals surface area (Å²) < 4.78 is 11.5. The van der Waals surface area contributed by atoms with E-state index in [4.69, 9.17) is 15.9 Å².